The Hall–Kier alpha value is -3.89. The molecular weight excluding hydrogens is 485 g/mol. The number of amides is 1. The van der Waals surface area contributed by atoms with Crippen molar-refractivity contribution in [3.63, 3.8) is 0 Å². The van der Waals surface area contributed by atoms with Crippen LogP contribution < -0.4 is 10.2 Å². The number of nitrogens with zero attached hydrogens (tertiary/aromatic N) is 3. The molecule has 0 saturated carbocycles. The van der Waals surface area contributed by atoms with E-state index in [9.17, 15) is 28.2 Å². The molecule has 1 saturated heterocycles. The van der Waals surface area contributed by atoms with Crippen molar-refractivity contribution in [1.29, 1.82) is 0 Å². The van der Waals surface area contributed by atoms with Crippen LogP contribution in [0.4, 0.5) is 24.8 Å². The molecule has 1 atom stereocenters. The number of aliphatic hydroxyl groups is 2. The molecule has 3 N–H and O–H groups in total. The van der Waals surface area contributed by atoms with Gasteiger partial charge in [0.1, 0.15) is 0 Å². The molecule has 37 heavy (non-hydrogen) atoms. The van der Waals surface area contributed by atoms with Crippen LogP contribution in [0.5, 0.6) is 0 Å². The first-order valence-electron chi connectivity index (χ1n) is 11.9. The van der Waals surface area contributed by atoms with Crippen molar-refractivity contribution in [2.75, 3.05) is 29.9 Å². The highest BCUT2D eigenvalue weighted by Crippen LogP contribution is 2.32. The number of carbonyl (C=O) groups excluding carboxylic acids is 1. The van der Waals surface area contributed by atoms with Gasteiger partial charge in [-0.05, 0) is 66.9 Å². The Balaban J connectivity index is 1.56. The average molecular weight is 511 g/mol. The zero-order valence-electron chi connectivity index (χ0n) is 19.7. The van der Waals surface area contributed by atoms with E-state index in [1.165, 1.54) is 12.1 Å². The number of imidazole rings is 1. The van der Waals surface area contributed by atoms with Gasteiger partial charge in [-0.1, -0.05) is 18.2 Å². The summed E-state index contributed by atoms with van der Waals surface area (Å²) >= 11 is 0. The van der Waals surface area contributed by atoms with E-state index in [1.807, 2.05) is 42.5 Å². The topological polar surface area (TPSA) is 90.6 Å². The van der Waals surface area contributed by atoms with Gasteiger partial charge in [-0.15, -0.1) is 0 Å². The lowest BCUT2D eigenvalue weighted by atomic mass is 10.1. The normalized spacial score (nSPS) is 15.9. The largest absolute Gasteiger partial charge is 0.416 e. The van der Waals surface area contributed by atoms with Crippen LogP contribution in [0, 0.1) is 0 Å². The van der Waals surface area contributed by atoms with Crippen molar-refractivity contribution in [1.82, 2.24) is 9.55 Å². The second-order valence-corrected chi connectivity index (χ2v) is 9.01. The second kappa shape index (κ2) is 9.87. The van der Waals surface area contributed by atoms with Crippen LogP contribution in [-0.4, -0.2) is 51.5 Å². The summed E-state index contributed by atoms with van der Waals surface area (Å²) in [6, 6.07) is 17.2. The molecule has 1 fully saturated rings. The number of alkyl halides is 3. The van der Waals surface area contributed by atoms with Gasteiger partial charge in [-0.25, -0.2) is 4.98 Å². The number of nitrogens with one attached hydrogen (secondary N) is 1. The Morgan fingerprint density at radius 2 is 1.81 bits per heavy atom. The van der Waals surface area contributed by atoms with Gasteiger partial charge in [0.25, 0.3) is 5.91 Å². The van der Waals surface area contributed by atoms with E-state index in [0.717, 1.165) is 23.4 Å². The molecule has 0 unspecified atom stereocenters. The van der Waals surface area contributed by atoms with E-state index in [4.69, 9.17) is 0 Å². The van der Waals surface area contributed by atoms with Crippen LogP contribution in [-0.2, 0) is 12.6 Å². The number of benzene rings is 3. The maximum Gasteiger partial charge on any atom is 0.416 e. The summed E-state index contributed by atoms with van der Waals surface area (Å²) in [4.78, 5) is 19.6. The molecule has 0 spiro atoms. The van der Waals surface area contributed by atoms with Crippen LogP contribution in [0.25, 0.3) is 16.7 Å². The molecule has 7 nitrogen and oxygen atoms in total. The van der Waals surface area contributed by atoms with E-state index in [0.29, 0.717) is 42.7 Å². The van der Waals surface area contributed by atoms with Crippen LogP contribution in [0.3, 0.4) is 0 Å². The first-order chi connectivity index (χ1) is 17.7. The summed E-state index contributed by atoms with van der Waals surface area (Å²) in [5, 5.41) is 21.9. The molecule has 1 aliphatic heterocycles. The monoisotopic (exact) mass is 510 g/mol. The number of anilines is 2. The Morgan fingerprint density at radius 3 is 2.49 bits per heavy atom. The van der Waals surface area contributed by atoms with E-state index < -0.39 is 23.8 Å². The molecule has 2 heterocycles. The van der Waals surface area contributed by atoms with Crippen molar-refractivity contribution >= 4 is 28.6 Å². The number of carbonyl (C=O) groups is 1. The third kappa shape index (κ3) is 5.16. The van der Waals surface area contributed by atoms with Gasteiger partial charge >= 0.3 is 6.18 Å². The van der Waals surface area contributed by atoms with E-state index >= 15 is 0 Å². The Bertz CT molecular complexity index is 1430. The fourth-order valence-electron chi connectivity index (χ4n) is 4.53. The summed E-state index contributed by atoms with van der Waals surface area (Å²) in [7, 11) is 0. The van der Waals surface area contributed by atoms with E-state index in [1.54, 1.807) is 4.57 Å². The molecule has 0 radical (unpaired) electrons. The lowest BCUT2D eigenvalue weighted by molar-refractivity contribution is -0.137. The first kappa shape index (κ1) is 24.8. The third-order valence-electron chi connectivity index (χ3n) is 6.44. The van der Waals surface area contributed by atoms with Gasteiger partial charge in [0.15, 0.2) is 0 Å². The molecule has 0 aliphatic carbocycles. The number of rotatable bonds is 6. The number of β-amino-alcohol motifs (C(OH)–C–C–N with tert-alkyl or cyclic N) is 1. The minimum Gasteiger partial charge on any atom is -0.396 e. The molecule has 1 amide bonds. The highest BCUT2D eigenvalue weighted by Gasteiger charge is 2.31. The molecule has 0 bridgehead atoms. The molecule has 10 heteroatoms. The number of hydrogen-bond acceptors (Lipinski definition) is 5. The summed E-state index contributed by atoms with van der Waals surface area (Å²) in [5.41, 5.74) is 2.72. The molecule has 5 rings (SSSR count). The van der Waals surface area contributed by atoms with Gasteiger partial charge in [-0.3, -0.25) is 14.7 Å². The molecule has 1 aliphatic rings. The number of fused-ring (bicyclic) bond motifs is 1. The number of aromatic nitrogens is 2. The standard InChI is InChI=1S/C27H25F3N4O3/c28-27(29,30)19-3-1-2-18(14-19)25(37)32-26-31-23-9-8-21(33-12-10-22(36)16-33)15-24(23)34(26)20-6-4-17(5-7-20)11-13-35/h1-9,14-15,22,35-36H,10-13,16H2,(H,31,32,37)/t22-/m1/s1. The lowest BCUT2D eigenvalue weighted by Crippen LogP contribution is -2.21. The van der Waals surface area contributed by atoms with Gasteiger partial charge < -0.3 is 15.1 Å². The van der Waals surface area contributed by atoms with Crippen LogP contribution >= 0.6 is 0 Å². The predicted molar refractivity (Wildman–Crippen MR) is 134 cm³/mol. The van der Waals surface area contributed by atoms with E-state index in [2.05, 4.69) is 15.2 Å². The van der Waals surface area contributed by atoms with Crippen LogP contribution in [0.1, 0.15) is 27.9 Å². The molecule has 3 aromatic carbocycles. The number of aliphatic hydroxyl groups excluding tert-OH is 2. The number of halogens is 3. The van der Waals surface area contributed by atoms with Crippen LogP contribution in [0.2, 0.25) is 0 Å². The Labute approximate surface area is 210 Å². The van der Waals surface area contributed by atoms with Gasteiger partial charge in [0, 0.05) is 36.6 Å². The second-order valence-electron chi connectivity index (χ2n) is 9.01. The highest BCUT2D eigenvalue weighted by molar-refractivity contribution is 6.04. The smallest absolute Gasteiger partial charge is 0.396 e. The summed E-state index contributed by atoms with van der Waals surface area (Å²) in [6.07, 6.45) is -3.81. The minimum absolute atomic E-state index is 0.0106. The molecular formula is C27H25F3N4O3. The van der Waals surface area contributed by atoms with E-state index in [-0.39, 0.29) is 18.1 Å². The zero-order chi connectivity index (χ0) is 26.2. The molecule has 192 valence electrons. The number of hydrogen-bond donors (Lipinski definition) is 3. The fraction of sp³-hybridized carbons (Fsp3) is 0.259. The van der Waals surface area contributed by atoms with Gasteiger partial charge in [-0.2, -0.15) is 13.2 Å². The lowest BCUT2D eigenvalue weighted by Gasteiger charge is -2.18. The minimum atomic E-state index is -4.57. The zero-order valence-corrected chi connectivity index (χ0v) is 19.7. The molecule has 4 aromatic rings. The van der Waals surface area contributed by atoms with Crippen molar-refractivity contribution < 1.29 is 28.2 Å². The quantitative estimate of drug-likeness (QED) is 0.358. The van der Waals surface area contributed by atoms with Crippen molar-refractivity contribution in [2.45, 2.75) is 25.1 Å². The van der Waals surface area contributed by atoms with Crippen molar-refractivity contribution in [2.24, 2.45) is 0 Å². The Kier molecular flexibility index (Phi) is 6.61. The SMILES string of the molecule is O=C(Nc1nc2ccc(N3CC[C@@H](O)C3)cc2n1-c1ccc(CCO)cc1)c1cccc(C(F)(F)F)c1. The summed E-state index contributed by atoms with van der Waals surface area (Å²) < 4.78 is 41.3. The maximum absolute atomic E-state index is 13.2. The third-order valence-corrected chi connectivity index (χ3v) is 6.44. The predicted octanol–water partition coefficient (Wildman–Crippen LogP) is 4.40. The highest BCUT2D eigenvalue weighted by atomic mass is 19.4. The van der Waals surface area contributed by atoms with Crippen molar-refractivity contribution in [3.8, 4) is 5.69 Å². The Morgan fingerprint density at radius 1 is 1.05 bits per heavy atom. The summed E-state index contributed by atoms with van der Waals surface area (Å²) in [5.74, 6) is -0.562. The first-order valence-corrected chi connectivity index (χ1v) is 11.9. The average Bonchev–Trinajstić information content (AvgIpc) is 3.47. The van der Waals surface area contributed by atoms with Gasteiger partial charge in [0.2, 0.25) is 5.95 Å². The molecule has 1 aromatic heterocycles. The van der Waals surface area contributed by atoms with Crippen molar-refractivity contribution in [3.05, 3.63) is 83.4 Å². The fourth-order valence-corrected chi connectivity index (χ4v) is 4.53. The maximum atomic E-state index is 13.2. The van der Waals surface area contributed by atoms with Gasteiger partial charge in [0.05, 0.1) is 22.7 Å². The van der Waals surface area contributed by atoms with Crippen LogP contribution in [0.15, 0.2) is 66.7 Å². The summed E-state index contributed by atoms with van der Waals surface area (Å²) in [6.45, 7) is 1.22.